The standard InChI is InChI=1S/C19H23BF2O4/c1-6-24-17(23)10-8-7-9-14-15(21)11-13(12-16(14)22)20-25-18(2,3)19(4,5)26-20/h7-12H,6H2,1-5H3/b9-7?,10-8+. The van der Waals surface area contributed by atoms with Gasteiger partial charge in [0.1, 0.15) is 11.6 Å². The van der Waals surface area contributed by atoms with Crippen LogP contribution in [-0.2, 0) is 18.8 Å². The van der Waals surface area contributed by atoms with Crippen LogP contribution in [0.5, 0.6) is 0 Å². The first-order chi connectivity index (χ1) is 12.1. The summed E-state index contributed by atoms with van der Waals surface area (Å²) in [6.07, 6.45) is 5.15. The number of carbonyl (C=O) groups excluding carboxylic acids is 1. The molecule has 1 saturated heterocycles. The third-order valence-corrected chi connectivity index (χ3v) is 4.52. The zero-order valence-electron chi connectivity index (χ0n) is 15.6. The Balaban J connectivity index is 2.18. The number of rotatable bonds is 5. The van der Waals surface area contributed by atoms with Gasteiger partial charge >= 0.3 is 13.1 Å². The smallest absolute Gasteiger partial charge is 0.463 e. The Labute approximate surface area is 153 Å². The van der Waals surface area contributed by atoms with Crippen molar-refractivity contribution in [1.82, 2.24) is 0 Å². The molecule has 1 fully saturated rings. The highest BCUT2D eigenvalue weighted by atomic mass is 19.1. The lowest BCUT2D eigenvalue weighted by Crippen LogP contribution is -2.41. The third kappa shape index (κ3) is 4.40. The van der Waals surface area contributed by atoms with Gasteiger partial charge in [-0.3, -0.25) is 0 Å². The van der Waals surface area contributed by atoms with Crippen LogP contribution in [-0.4, -0.2) is 30.9 Å². The predicted molar refractivity (Wildman–Crippen MR) is 96.9 cm³/mol. The largest absolute Gasteiger partial charge is 0.495 e. The maximum absolute atomic E-state index is 14.3. The van der Waals surface area contributed by atoms with E-state index in [1.165, 1.54) is 36.4 Å². The minimum Gasteiger partial charge on any atom is -0.463 e. The van der Waals surface area contributed by atoms with Crippen LogP contribution in [0.4, 0.5) is 8.78 Å². The van der Waals surface area contributed by atoms with Crippen molar-refractivity contribution in [2.45, 2.75) is 45.8 Å². The van der Waals surface area contributed by atoms with Gasteiger partial charge in [-0.1, -0.05) is 12.2 Å². The summed E-state index contributed by atoms with van der Waals surface area (Å²) in [6.45, 7) is 9.42. The zero-order chi connectivity index (χ0) is 19.5. The fourth-order valence-corrected chi connectivity index (χ4v) is 2.35. The Morgan fingerprint density at radius 2 is 1.65 bits per heavy atom. The van der Waals surface area contributed by atoms with Gasteiger partial charge in [-0.25, -0.2) is 13.6 Å². The number of hydrogen-bond donors (Lipinski definition) is 0. The van der Waals surface area contributed by atoms with Gasteiger partial charge in [-0.15, -0.1) is 0 Å². The normalized spacial score (nSPS) is 18.8. The zero-order valence-corrected chi connectivity index (χ0v) is 15.6. The van der Waals surface area contributed by atoms with E-state index in [-0.39, 0.29) is 17.6 Å². The van der Waals surface area contributed by atoms with Gasteiger partial charge in [-0.2, -0.15) is 0 Å². The second kappa shape index (κ2) is 7.72. The molecule has 0 aromatic heterocycles. The lowest BCUT2D eigenvalue weighted by Gasteiger charge is -2.32. The Bertz CT molecular complexity index is 702. The average Bonchev–Trinajstić information content (AvgIpc) is 2.74. The third-order valence-electron chi connectivity index (χ3n) is 4.52. The fraction of sp³-hybridized carbons (Fsp3) is 0.421. The van der Waals surface area contributed by atoms with Gasteiger partial charge in [0.2, 0.25) is 0 Å². The predicted octanol–water partition coefficient (Wildman–Crippen LogP) is 3.40. The first-order valence-electron chi connectivity index (χ1n) is 8.43. The van der Waals surface area contributed by atoms with Crippen molar-refractivity contribution in [3.05, 3.63) is 47.6 Å². The van der Waals surface area contributed by atoms with E-state index in [0.29, 0.717) is 0 Å². The first kappa shape index (κ1) is 20.3. The van der Waals surface area contributed by atoms with Crippen molar-refractivity contribution in [2.75, 3.05) is 6.61 Å². The summed E-state index contributed by atoms with van der Waals surface area (Å²) in [4.78, 5) is 11.2. The molecule has 2 rings (SSSR count). The highest BCUT2D eigenvalue weighted by Gasteiger charge is 2.51. The van der Waals surface area contributed by atoms with Crippen molar-refractivity contribution >= 4 is 24.6 Å². The second-order valence-corrected chi connectivity index (χ2v) is 6.96. The van der Waals surface area contributed by atoms with Crippen LogP contribution in [0.2, 0.25) is 0 Å². The van der Waals surface area contributed by atoms with E-state index in [4.69, 9.17) is 14.0 Å². The molecule has 1 heterocycles. The Hall–Kier alpha value is -1.99. The van der Waals surface area contributed by atoms with E-state index in [1.807, 2.05) is 27.7 Å². The second-order valence-electron chi connectivity index (χ2n) is 6.96. The Kier molecular flexibility index (Phi) is 6.03. The van der Waals surface area contributed by atoms with Crippen molar-refractivity contribution in [2.24, 2.45) is 0 Å². The molecule has 1 aliphatic rings. The van der Waals surface area contributed by atoms with Crippen LogP contribution >= 0.6 is 0 Å². The molecule has 0 aliphatic carbocycles. The molecule has 1 aliphatic heterocycles. The molecule has 0 atom stereocenters. The lowest BCUT2D eigenvalue weighted by molar-refractivity contribution is -0.137. The number of ether oxygens (including phenoxy) is 1. The SMILES string of the molecule is CCOC(=O)/C=C/C=Cc1c(F)cc(B2OC(C)(C)C(C)(C)O2)cc1F. The summed E-state index contributed by atoms with van der Waals surface area (Å²) >= 11 is 0. The summed E-state index contributed by atoms with van der Waals surface area (Å²) in [5, 5.41) is 0. The van der Waals surface area contributed by atoms with Gasteiger partial charge in [0.05, 0.1) is 17.8 Å². The van der Waals surface area contributed by atoms with Gasteiger partial charge in [-0.05, 0) is 58.3 Å². The summed E-state index contributed by atoms with van der Waals surface area (Å²) in [7, 11) is -0.842. The maximum Gasteiger partial charge on any atom is 0.495 e. The van der Waals surface area contributed by atoms with Gasteiger partial charge < -0.3 is 14.0 Å². The molecule has 0 saturated carbocycles. The molecule has 0 radical (unpaired) electrons. The molecule has 1 aromatic carbocycles. The van der Waals surface area contributed by atoms with Gasteiger partial charge in [0.25, 0.3) is 0 Å². The number of allylic oxidation sites excluding steroid dienone is 2. The van der Waals surface area contributed by atoms with Gasteiger partial charge in [0, 0.05) is 11.6 Å². The molecule has 140 valence electrons. The molecular weight excluding hydrogens is 341 g/mol. The number of benzene rings is 1. The minimum absolute atomic E-state index is 0.209. The highest BCUT2D eigenvalue weighted by molar-refractivity contribution is 6.62. The van der Waals surface area contributed by atoms with Crippen LogP contribution in [0.1, 0.15) is 40.2 Å². The number of halogens is 2. The van der Waals surface area contributed by atoms with Crippen LogP contribution in [0.3, 0.4) is 0 Å². The molecule has 26 heavy (non-hydrogen) atoms. The van der Waals surface area contributed by atoms with Crippen LogP contribution in [0, 0.1) is 11.6 Å². The molecule has 0 amide bonds. The molecule has 7 heteroatoms. The summed E-state index contributed by atoms with van der Waals surface area (Å²) in [5.41, 5.74) is -1.13. The van der Waals surface area contributed by atoms with Crippen molar-refractivity contribution < 1.29 is 27.6 Å². The maximum atomic E-state index is 14.3. The molecule has 4 nitrogen and oxygen atoms in total. The summed E-state index contributed by atoms with van der Waals surface area (Å²) < 4.78 is 45.0. The number of esters is 1. The van der Waals surface area contributed by atoms with E-state index in [2.05, 4.69) is 0 Å². The van der Waals surface area contributed by atoms with E-state index in [1.54, 1.807) is 6.92 Å². The molecule has 0 N–H and O–H groups in total. The van der Waals surface area contributed by atoms with Gasteiger partial charge in [0.15, 0.2) is 0 Å². The van der Waals surface area contributed by atoms with E-state index in [9.17, 15) is 13.6 Å². The fourth-order valence-electron chi connectivity index (χ4n) is 2.35. The molecule has 1 aromatic rings. The van der Waals surface area contributed by atoms with E-state index >= 15 is 0 Å². The van der Waals surface area contributed by atoms with Crippen molar-refractivity contribution in [3.63, 3.8) is 0 Å². The monoisotopic (exact) mass is 364 g/mol. The van der Waals surface area contributed by atoms with Crippen LogP contribution in [0.15, 0.2) is 30.4 Å². The summed E-state index contributed by atoms with van der Waals surface area (Å²) in [6, 6.07) is 2.39. The average molecular weight is 364 g/mol. The molecular formula is C19H23BF2O4. The lowest BCUT2D eigenvalue weighted by atomic mass is 9.78. The Morgan fingerprint density at radius 3 is 2.15 bits per heavy atom. The quantitative estimate of drug-likeness (QED) is 0.348. The topological polar surface area (TPSA) is 44.8 Å². The summed E-state index contributed by atoms with van der Waals surface area (Å²) in [5.74, 6) is -2.00. The highest BCUT2D eigenvalue weighted by Crippen LogP contribution is 2.36. The van der Waals surface area contributed by atoms with E-state index < -0.39 is 35.9 Å². The number of carbonyl (C=O) groups is 1. The number of hydrogen-bond acceptors (Lipinski definition) is 4. The van der Waals surface area contributed by atoms with E-state index in [0.717, 1.165) is 0 Å². The van der Waals surface area contributed by atoms with Crippen molar-refractivity contribution in [3.8, 4) is 0 Å². The molecule has 0 unspecified atom stereocenters. The first-order valence-corrected chi connectivity index (χ1v) is 8.43. The Morgan fingerprint density at radius 1 is 1.12 bits per heavy atom. The van der Waals surface area contributed by atoms with Crippen LogP contribution < -0.4 is 5.46 Å². The molecule has 0 bridgehead atoms. The molecule has 0 spiro atoms. The minimum atomic E-state index is -0.842. The van der Waals surface area contributed by atoms with Crippen LogP contribution in [0.25, 0.3) is 6.08 Å². The van der Waals surface area contributed by atoms with Crippen molar-refractivity contribution in [1.29, 1.82) is 0 Å².